The third-order valence-corrected chi connectivity index (χ3v) is 4.22. The Morgan fingerprint density at radius 2 is 1.96 bits per heavy atom. The Bertz CT molecular complexity index is 800. The summed E-state index contributed by atoms with van der Waals surface area (Å²) in [7, 11) is 0. The smallest absolute Gasteiger partial charge is 0.220 e. The molecular weight excluding hydrogens is 316 g/mol. The van der Waals surface area contributed by atoms with Crippen LogP contribution in [0.2, 0.25) is 0 Å². The lowest BCUT2D eigenvalue weighted by atomic mass is 10.1. The molecule has 0 radical (unpaired) electrons. The predicted molar refractivity (Wildman–Crippen MR) is 93.9 cm³/mol. The first-order valence-corrected chi connectivity index (χ1v) is 8.34. The van der Waals surface area contributed by atoms with Gasteiger partial charge in [0, 0.05) is 37.5 Å². The second-order valence-corrected chi connectivity index (χ2v) is 6.13. The predicted octanol–water partition coefficient (Wildman–Crippen LogP) is 2.79. The van der Waals surface area contributed by atoms with Crippen LogP contribution in [0.1, 0.15) is 34.6 Å². The van der Waals surface area contributed by atoms with Crippen LogP contribution in [0.25, 0.3) is 0 Å². The van der Waals surface area contributed by atoms with Crippen LogP contribution in [0.15, 0.2) is 47.5 Å². The van der Waals surface area contributed by atoms with Crippen molar-refractivity contribution in [2.24, 2.45) is 0 Å². The fraction of sp³-hybridized carbons (Fsp3) is 0.316. The highest BCUT2D eigenvalue weighted by Crippen LogP contribution is 2.14. The van der Waals surface area contributed by atoms with Gasteiger partial charge in [-0.25, -0.2) is 4.98 Å². The number of aromatic nitrogens is 3. The second-order valence-electron chi connectivity index (χ2n) is 6.13. The molecule has 6 nitrogen and oxygen atoms in total. The van der Waals surface area contributed by atoms with E-state index in [1.165, 1.54) is 5.56 Å². The molecule has 0 saturated heterocycles. The minimum Gasteiger partial charge on any atom is -0.361 e. The first-order valence-electron chi connectivity index (χ1n) is 8.34. The zero-order valence-corrected chi connectivity index (χ0v) is 14.5. The molecule has 1 amide bonds. The van der Waals surface area contributed by atoms with Crippen LogP contribution in [0.5, 0.6) is 0 Å². The summed E-state index contributed by atoms with van der Waals surface area (Å²) in [4.78, 5) is 16.1. The van der Waals surface area contributed by atoms with Crippen molar-refractivity contribution in [3.63, 3.8) is 0 Å². The van der Waals surface area contributed by atoms with Crippen LogP contribution in [0, 0.1) is 13.8 Å². The average molecular weight is 338 g/mol. The van der Waals surface area contributed by atoms with Gasteiger partial charge in [-0.3, -0.25) is 4.79 Å². The SMILES string of the molecule is Cc1noc(C)c1CCC(=O)NCc1ccc(Cn2ccnc2)cc1. The Kier molecular flexibility index (Phi) is 5.28. The number of amides is 1. The first kappa shape index (κ1) is 17.0. The van der Waals surface area contributed by atoms with Crippen molar-refractivity contribution in [1.82, 2.24) is 20.0 Å². The maximum Gasteiger partial charge on any atom is 0.220 e. The molecule has 2 heterocycles. The lowest BCUT2D eigenvalue weighted by Crippen LogP contribution is -2.23. The van der Waals surface area contributed by atoms with E-state index in [2.05, 4.69) is 27.6 Å². The molecule has 0 aliphatic heterocycles. The summed E-state index contributed by atoms with van der Waals surface area (Å²) in [5.41, 5.74) is 4.17. The summed E-state index contributed by atoms with van der Waals surface area (Å²) in [6, 6.07) is 8.23. The van der Waals surface area contributed by atoms with Crippen molar-refractivity contribution in [3.8, 4) is 0 Å². The number of nitrogens with zero attached hydrogens (tertiary/aromatic N) is 3. The van der Waals surface area contributed by atoms with Gasteiger partial charge in [0.25, 0.3) is 0 Å². The molecule has 0 unspecified atom stereocenters. The van der Waals surface area contributed by atoms with Crippen LogP contribution in [-0.4, -0.2) is 20.6 Å². The highest BCUT2D eigenvalue weighted by atomic mass is 16.5. The van der Waals surface area contributed by atoms with E-state index in [9.17, 15) is 4.79 Å². The molecule has 0 saturated carbocycles. The Hall–Kier alpha value is -2.89. The Balaban J connectivity index is 1.45. The van der Waals surface area contributed by atoms with Crippen molar-refractivity contribution < 1.29 is 9.32 Å². The maximum atomic E-state index is 12.0. The number of carbonyl (C=O) groups is 1. The summed E-state index contributed by atoms with van der Waals surface area (Å²) in [5, 5.41) is 6.87. The molecule has 25 heavy (non-hydrogen) atoms. The third-order valence-electron chi connectivity index (χ3n) is 4.22. The van der Waals surface area contributed by atoms with Crippen LogP contribution < -0.4 is 5.32 Å². The molecule has 0 fully saturated rings. The van der Waals surface area contributed by atoms with Gasteiger partial charge in [-0.1, -0.05) is 29.4 Å². The van der Waals surface area contributed by atoms with E-state index >= 15 is 0 Å². The Morgan fingerprint density at radius 1 is 1.20 bits per heavy atom. The molecule has 3 aromatic rings. The van der Waals surface area contributed by atoms with E-state index in [-0.39, 0.29) is 5.91 Å². The largest absolute Gasteiger partial charge is 0.361 e. The fourth-order valence-corrected chi connectivity index (χ4v) is 2.74. The van der Waals surface area contributed by atoms with Crippen molar-refractivity contribution in [3.05, 3.63) is 71.1 Å². The summed E-state index contributed by atoms with van der Waals surface area (Å²) in [5.74, 6) is 0.821. The summed E-state index contributed by atoms with van der Waals surface area (Å²) in [6.07, 6.45) is 6.59. The number of hydrogen-bond donors (Lipinski definition) is 1. The van der Waals surface area contributed by atoms with Crippen molar-refractivity contribution >= 4 is 5.91 Å². The molecule has 3 rings (SSSR count). The highest BCUT2D eigenvalue weighted by molar-refractivity contribution is 5.76. The zero-order valence-electron chi connectivity index (χ0n) is 14.5. The fourth-order valence-electron chi connectivity index (χ4n) is 2.74. The number of benzene rings is 1. The van der Waals surface area contributed by atoms with Gasteiger partial charge in [0.2, 0.25) is 5.91 Å². The number of nitrogens with one attached hydrogen (secondary N) is 1. The molecule has 0 atom stereocenters. The van der Waals surface area contributed by atoms with Crippen molar-refractivity contribution in [2.75, 3.05) is 0 Å². The zero-order chi connectivity index (χ0) is 17.6. The van der Waals surface area contributed by atoms with Crippen LogP contribution in [-0.2, 0) is 24.3 Å². The van der Waals surface area contributed by atoms with Gasteiger partial charge in [0.1, 0.15) is 5.76 Å². The van der Waals surface area contributed by atoms with Crippen LogP contribution >= 0.6 is 0 Å². The van der Waals surface area contributed by atoms with Crippen LogP contribution in [0.4, 0.5) is 0 Å². The molecule has 1 aromatic carbocycles. The molecule has 0 aliphatic rings. The number of rotatable bonds is 7. The first-order chi connectivity index (χ1) is 12.1. The maximum absolute atomic E-state index is 12.0. The van der Waals surface area contributed by atoms with Gasteiger partial charge in [-0.15, -0.1) is 0 Å². The highest BCUT2D eigenvalue weighted by Gasteiger charge is 2.11. The van der Waals surface area contributed by atoms with Crippen molar-refractivity contribution in [1.29, 1.82) is 0 Å². The minimum absolute atomic E-state index is 0.0301. The summed E-state index contributed by atoms with van der Waals surface area (Å²) in [6.45, 7) is 5.10. The molecule has 130 valence electrons. The number of aryl methyl sites for hydroxylation is 2. The molecule has 6 heteroatoms. The monoisotopic (exact) mass is 338 g/mol. The molecule has 2 aromatic heterocycles. The number of carbonyl (C=O) groups excluding carboxylic acids is 1. The van der Waals surface area contributed by atoms with Gasteiger partial charge in [-0.05, 0) is 31.4 Å². The van der Waals surface area contributed by atoms with Crippen LogP contribution in [0.3, 0.4) is 0 Å². The molecule has 0 spiro atoms. The minimum atomic E-state index is 0.0301. The van der Waals surface area contributed by atoms with Gasteiger partial charge >= 0.3 is 0 Å². The average Bonchev–Trinajstić information content (AvgIpc) is 3.23. The van der Waals surface area contributed by atoms with Gasteiger partial charge in [0.15, 0.2) is 0 Å². The Morgan fingerprint density at radius 3 is 2.60 bits per heavy atom. The Labute approximate surface area is 146 Å². The van der Waals surface area contributed by atoms with E-state index in [0.29, 0.717) is 19.4 Å². The number of hydrogen-bond acceptors (Lipinski definition) is 4. The third kappa shape index (κ3) is 4.56. The number of imidazole rings is 1. The van der Waals surface area contributed by atoms with E-state index < -0.39 is 0 Å². The summed E-state index contributed by atoms with van der Waals surface area (Å²) >= 11 is 0. The molecule has 1 N–H and O–H groups in total. The van der Waals surface area contributed by atoms with E-state index in [4.69, 9.17) is 4.52 Å². The standard InChI is InChI=1S/C19H22N4O2/c1-14-18(15(2)25-22-14)7-8-19(24)21-11-16-3-5-17(6-4-16)12-23-10-9-20-13-23/h3-6,9-10,13H,7-8,11-12H2,1-2H3,(H,21,24). The molecular formula is C19H22N4O2. The van der Waals surface area contributed by atoms with Gasteiger partial charge in [0.05, 0.1) is 12.0 Å². The lowest BCUT2D eigenvalue weighted by Gasteiger charge is -2.07. The molecule has 0 aliphatic carbocycles. The summed E-state index contributed by atoms with van der Waals surface area (Å²) < 4.78 is 7.14. The van der Waals surface area contributed by atoms with E-state index in [1.54, 1.807) is 12.5 Å². The molecule has 0 bridgehead atoms. The second kappa shape index (κ2) is 7.79. The van der Waals surface area contributed by atoms with E-state index in [1.807, 2.05) is 36.7 Å². The van der Waals surface area contributed by atoms with Gasteiger partial charge in [-0.2, -0.15) is 0 Å². The lowest BCUT2D eigenvalue weighted by molar-refractivity contribution is -0.121. The quantitative estimate of drug-likeness (QED) is 0.719. The van der Waals surface area contributed by atoms with Gasteiger partial charge < -0.3 is 14.4 Å². The topological polar surface area (TPSA) is 73.0 Å². The van der Waals surface area contributed by atoms with Crippen molar-refractivity contribution in [2.45, 2.75) is 39.8 Å². The van der Waals surface area contributed by atoms with E-state index in [0.717, 1.165) is 29.1 Å². The normalized spacial score (nSPS) is 10.8.